The Morgan fingerprint density at radius 1 is 0.900 bits per heavy atom. The van der Waals surface area contributed by atoms with Gasteiger partial charge in [-0.25, -0.2) is 0 Å². The molecule has 1 aliphatic rings. The summed E-state index contributed by atoms with van der Waals surface area (Å²) in [4.78, 5) is 24.4. The second kappa shape index (κ2) is 10.0. The Labute approximate surface area is 176 Å². The maximum Gasteiger partial charge on any atom is 0.152 e. The molecule has 0 saturated carbocycles. The molecule has 3 heterocycles. The number of aromatic amines is 1. The summed E-state index contributed by atoms with van der Waals surface area (Å²) in [5.41, 5.74) is 6.06. The fourth-order valence-electron chi connectivity index (χ4n) is 3.73. The van der Waals surface area contributed by atoms with Crippen molar-refractivity contribution in [2.75, 3.05) is 13.2 Å². The van der Waals surface area contributed by atoms with E-state index in [0.717, 1.165) is 58.7 Å². The molecule has 5 heteroatoms. The minimum atomic E-state index is 0.730. The zero-order valence-electron chi connectivity index (χ0n) is 17.8. The SMILES string of the molecule is C1CCOC1.Cc1cccc2c(C=O)c[nH]c12.Cc1cccc2c(C=O)cn(C)c12. The van der Waals surface area contributed by atoms with Gasteiger partial charge in [0.2, 0.25) is 0 Å². The van der Waals surface area contributed by atoms with Gasteiger partial charge >= 0.3 is 0 Å². The lowest BCUT2D eigenvalue weighted by Gasteiger charge is -1.99. The molecule has 4 aromatic rings. The van der Waals surface area contributed by atoms with Gasteiger partial charge in [0.05, 0.1) is 5.52 Å². The van der Waals surface area contributed by atoms with Crippen molar-refractivity contribution in [2.24, 2.45) is 7.05 Å². The topological polar surface area (TPSA) is 64.1 Å². The summed E-state index contributed by atoms with van der Waals surface area (Å²) in [6.07, 6.45) is 7.94. The summed E-state index contributed by atoms with van der Waals surface area (Å²) in [5.74, 6) is 0. The first kappa shape index (κ1) is 21.5. The van der Waals surface area contributed by atoms with Crippen molar-refractivity contribution in [2.45, 2.75) is 26.7 Å². The number of nitrogens with one attached hydrogen (secondary N) is 1. The van der Waals surface area contributed by atoms with E-state index in [1.165, 1.54) is 24.0 Å². The summed E-state index contributed by atoms with van der Waals surface area (Å²) in [6.45, 7) is 6.07. The zero-order valence-corrected chi connectivity index (χ0v) is 17.8. The Balaban J connectivity index is 0.000000140. The second-order valence-corrected chi connectivity index (χ2v) is 7.46. The molecule has 5 rings (SSSR count). The van der Waals surface area contributed by atoms with Gasteiger partial charge in [0.1, 0.15) is 0 Å². The van der Waals surface area contributed by atoms with Crippen molar-refractivity contribution < 1.29 is 14.3 Å². The lowest BCUT2D eigenvalue weighted by atomic mass is 10.1. The summed E-state index contributed by atoms with van der Waals surface area (Å²) in [6, 6.07) is 11.9. The maximum atomic E-state index is 10.7. The number of nitrogens with zero attached hydrogens (tertiary/aromatic N) is 1. The molecule has 1 saturated heterocycles. The Hall–Kier alpha value is -3.18. The summed E-state index contributed by atoms with van der Waals surface area (Å²) in [5, 5.41) is 2.04. The molecule has 0 aliphatic carbocycles. The van der Waals surface area contributed by atoms with Crippen molar-refractivity contribution in [3.05, 3.63) is 71.0 Å². The molecule has 0 atom stereocenters. The number of hydrogen-bond donors (Lipinski definition) is 1. The van der Waals surface area contributed by atoms with E-state index < -0.39 is 0 Å². The number of H-pyrrole nitrogens is 1. The average Bonchev–Trinajstić information content (AvgIpc) is 3.50. The molecule has 156 valence electrons. The van der Waals surface area contributed by atoms with Gasteiger partial charge in [0.15, 0.2) is 12.6 Å². The molecule has 2 aromatic carbocycles. The Morgan fingerprint density at radius 3 is 2.13 bits per heavy atom. The summed E-state index contributed by atoms with van der Waals surface area (Å²) in [7, 11) is 1.96. The van der Waals surface area contributed by atoms with E-state index in [9.17, 15) is 9.59 Å². The first-order chi connectivity index (χ1) is 14.6. The fraction of sp³-hybridized carbons (Fsp3) is 0.280. The molecule has 0 spiro atoms. The Kier molecular flexibility index (Phi) is 7.20. The largest absolute Gasteiger partial charge is 0.381 e. The molecule has 2 aromatic heterocycles. The summed E-state index contributed by atoms with van der Waals surface area (Å²) < 4.78 is 6.94. The number of carbonyl (C=O) groups excluding carboxylic acids is 2. The van der Waals surface area contributed by atoms with Gasteiger partial charge in [-0.2, -0.15) is 0 Å². The maximum absolute atomic E-state index is 10.7. The lowest BCUT2D eigenvalue weighted by Crippen LogP contribution is -1.86. The van der Waals surface area contributed by atoms with Crippen molar-refractivity contribution in [3.63, 3.8) is 0 Å². The van der Waals surface area contributed by atoms with Crippen LogP contribution in [0.3, 0.4) is 0 Å². The van der Waals surface area contributed by atoms with Crippen LogP contribution in [0.2, 0.25) is 0 Å². The molecule has 30 heavy (non-hydrogen) atoms. The molecular weight excluding hydrogens is 376 g/mol. The third kappa shape index (κ3) is 4.69. The van der Waals surface area contributed by atoms with Crippen molar-refractivity contribution in [1.29, 1.82) is 0 Å². The van der Waals surface area contributed by atoms with Crippen LogP contribution in [-0.4, -0.2) is 35.3 Å². The number of aldehydes is 2. The minimum absolute atomic E-state index is 0.730. The van der Waals surface area contributed by atoms with Gasteiger partial charge in [-0.1, -0.05) is 36.4 Å². The van der Waals surface area contributed by atoms with E-state index in [1.54, 1.807) is 6.20 Å². The van der Waals surface area contributed by atoms with Gasteiger partial charge < -0.3 is 14.3 Å². The predicted molar refractivity (Wildman–Crippen MR) is 122 cm³/mol. The average molecular weight is 405 g/mol. The third-order valence-corrected chi connectivity index (χ3v) is 5.27. The highest BCUT2D eigenvalue weighted by Crippen LogP contribution is 2.22. The van der Waals surface area contributed by atoms with E-state index in [4.69, 9.17) is 4.74 Å². The molecule has 0 radical (unpaired) electrons. The molecule has 0 amide bonds. The number of carbonyl (C=O) groups is 2. The fourth-order valence-corrected chi connectivity index (χ4v) is 3.73. The quantitative estimate of drug-likeness (QED) is 0.456. The number of para-hydroxylation sites is 2. The lowest BCUT2D eigenvalue weighted by molar-refractivity contribution is 0.111. The van der Waals surface area contributed by atoms with Gasteiger partial charge in [-0.15, -0.1) is 0 Å². The highest BCUT2D eigenvalue weighted by molar-refractivity contribution is 5.99. The molecule has 1 aliphatic heterocycles. The smallest absolute Gasteiger partial charge is 0.152 e. The minimum Gasteiger partial charge on any atom is -0.381 e. The van der Waals surface area contributed by atoms with Gasteiger partial charge in [0.25, 0.3) is 0 Å². The second-order valence-electron chi connectivity index (χ2n) is 7.46. The highest BCUT2D eigenvalue weighted by Gasteiger charge is 2.06. The van der Waals surface area contributed by atoms with Crippen LogP contribution in [0, 0.1) is 13.8 Å². The van der Waals surface area contributed by atoms with Crippen LogP contribution >= 0.6 is 0 Å². The number of rotatable bonds is 2. The van der Waals surface area contributed by atoms with Crippen LogP contribution in [0.5, 0.6) is 0 Å². The van der Waals surface area contributed by atoms with E-state index in [2.05, 4.69) is 18.0 Å². The van der Waals surface area contributed by atoms with Gasteiger partial charge in [0, 0.05) is 60.1 Å². The molecule has 5 nitrogen and oxygen atoms in total. The van der Waals surface area contributed by atoms with Crippen molar-refractivity contribution >= 4 is 34.4 Å². The zero-order chi connectivity index (χ0) is 21.5. The molecule has 0 unspecified atom stereocenters. The normalized spacial score (nSPS) is 12.8. The molecular formula is C25H28N2O3. The van der Waals surface area contributed by atoms with E-state index in [0.29, 0.717) is 0 Å². The number of ether oxygens (including phenoxy) is 1. The Morgan fingerprint density at radius 2 is 1.53 bits per heavy atom. The standard InChI is InChI=1S/C11H11NO.C10H9NO.C4H8O/c1-8-4-3-5-10-9(7-13)6-12(2)11(8)10;1-7-3-2-4-9-8(6-12)5-11-10(7)9;1-2-4-5-3-1/h3-7H,1-2H3;2-6,11H,1H3;1-4H2. The van der Waals surface area contributed by atoms with Crippen LogP contribution in [0.1, 0.15) is 44.7 Å². The van der Waals surface area contributed by atoms with Crippen molar-refractivity contribution in [1.82, 2.24) is 9.55 Å². The van der Waals surface area contributed by atoms with Crippen LogP contribution in [0.15, 0.2) is 48.8 Å². The molecule has 1 N–H and O–H groups in total. The first-order valence-electron chi connectivity index (χ1n) is 10.2. The monoisotopic (exact) mass is 404 g/mol. The van der Waals surface area contributed by atoms with Crippen molar-refractivity contribution in [3.8, 4) is 0 Å². The predicted octanol–water partition coefficient (Wildman–Crippen LogP) is 5.38. The first-order valence-corrected chi connectivity index (χ1v) is 10.2. The molecule has 0 bridgehead atoms. The van der Waals surface area contributed by atoms with Crippen LogP contribution < -0.4 is 0 Å². The van der Waals surface area contributed by atoms with Crippen LogP contribution in [0.4, 0.5) is 0 Å². The van der Waals surface area contributed by atoms with E-state index in [1.807, 2.05) is 55.1 Å². The number of benzene rings is 2. The number of hydrogen-bond acceptors (Lipinski definition) is 3. The van der Waals surface area contributed by atoms with Gasteiger partial charge in [-0.05, 0) is 37.8 Å². The van der Waals surface area contributed by atoms with Crippen LogP contribution in [-0.2, 0) is 11.8 Å². The third-order valence-electron chi connectivity index (χ3n) is 5.27. The number of aryl methyl sites for hydroxylation is 3. The highest BCUT2D eigenvalue weighted by atomic mass is 16.5. The van der Waals surface area contributed by atoms with E-state index in [-0.39, 0.29) is 0 Å². The van der Waals surface area contributed by atoms with Gasteiger partial charge in [-0.3, -0.25) is 9.59 Å². The Bertz CT molecular complexity index is 1140. The summed E-state index contributed by atoms with van der Waals surface area (Å²) >= 11 is 0. The number of aromatic nitrogens is 2. The van der Waals surface area contributed by atoms with Crippen LogP contribution in [0.25, 0.3) is 21.8 Å². The number of fused-ring (bicyclic) bond motifs is 2. The molecule has 1 fully saturated rings. The van der Waals surface area contributed by atoms with E-state index >= 15 is 0 Å².